The van der Waals surface area contributed by atoms with E-state index in [1.807, 2.05) is 31.2 Å². The molecule has 0 saturated carbocycles. The summed E-state index contributed by atoms with van der Waals surface area (Å²) in [6, 6.07) is 15.5. The van der Waals surface area contributed by atoms with Crippen LogP contribution in [0.3, 0.4) is 0 Å². The van der Waals surface area contributed by atoms with Crippen LogP contribution in [0.5, 0.6) is 0 Å². The van der Waals surface area contributed by atoms with E-state index < -0.39 is 11.7 Å². The third-order valence-corrected chi connectivity index (χ3v) is 3.99. The number of aryl methyl sites for hydroxylation is 1. The molecule has 0 radical (unpaired) electrons. The van der Waals surface area contributed by atoms with Gasteiger partial charge in [0.25, 0.3) is 5.91 Å². The van der Waals surface area contributed by atoms with Gasteiger partial charge in [0.2, 0.25) is 0 Å². The Kier molecular flexibility index (Phi) is 6.01. The summed E-state index contributed by atoms with van der Waals surface area (Å²) in [6.07, 6.45) is -3.15. The molecular formula is C21H18F3N3O2. The molecule has 5 nitrogen and oxygen atoms in total. The third-order valence-electron chi connectivity index (χ3n) is 3.99. The van der Waals surface area contributed by atoms with Crippen LogP contribution in [0.1, 0.15) is 16.9 Å². The van der Waals surface area contributed by atoms with Gasteiger partial charge in [-0.25, -0.2) is 5.43 Å². The van der Waals surface area contributed by atoms with E-state index in [2.05, 4.69) is 15.8 Å². The van der Waals surface area contributed by atoms with Gasteiger partial charge in [0.05, 0.1) is 18.3 Å². The SMILES string of the molecule is Cc1ccc(NCC(=O)NN=Cc2ccc(-c3cccc(C(F)(F)F)c3)o2)cc1. The molecule has 150 valence electrons. The summed E-state index contributed by atoms with van der Waals surface area (Å²) in [5.41, 5.74) is 3.82. The molecule has 0 atom stereocenters. The van der Waals surface area contributed by atoms with Gasteiger partial charge in [0.15, 0.2) is 0 Å². The quantitative estimate of drug-likeness (QED) is 0.459. The second-order valence-electron chi connectivity index (χ2n) is 6.29. The maximum atomic E-state index is 12.8. The van der Waals surface area contributed by atoms with E-state index in [1.54, 1.807) is 6.07 Å². The van der Waals surface area contributed by atoms with Crippen LogP contribution in [0.4, 0.5) is 18.9 Å². The number of carbonyl (C=O) groups is 1. The zero-order valence-corrected chi connectivity index (χ0v) is 15.5. The molecule has 0 unspecified atom stereocenters. The van der Waals surface area contributed by atoms with E-state index in [0.29, 0.717) is 11.3 Å². The van der Waals surface area contributed by atoms with Crippen molar-refractivity contribution < 1.29 is 22.4 Å². The molecule has 0 bridgehead atoms. The molecule has 1 aromatic heterocycles. The lowest BCUT2D eigenvalue weighted by Gasteiger charge is -2.07. The fourth-order valence-corrected chi connectivity index (χ4v) is 2.49. The Morgan fingerprint density at radius 3 is 2.59 bits per heavy atom. The van der Waals surface area contributed by atoms with E-state index in [-0.39, 0.29) is 18.2 Å². The number of anilines is 1. The summed E-state index contributed by atoms with van der Waals surface area (Å²) in [5, 5.41) is 6.76. The van der Waals surface area contributed by atoms with Gasteiger partial charge >= 0.3 is 6.18 Å². The average Bonchev–Trinajstić information content (AvgIpc) is 3.16. The number of nitrogens with one attached hydrogen (secondary N) is 2. The maximum Gasteiger partial charge on any atom is 0.416 e. The fraction of sp³-hybridized carbons (Fsp3) is 0.143. The highest BCUT2D eigenvalue weighted by molar-refractivity contribution is 5.83. The average molecular weight is 401 g/mol. The van der Waals surface area contributed by atoms with Crippen molar-refractivity contribution in [1.29, 1.82) is 0 Å². The predicted octanol–water partition coefficient (Wildman–Crippen LogP) is 4.84. The topological polar surface area (TPSA) is 66.6 Å². The van der Waals surface area contributed by atoms with Crippen molar-refractivity contribution >= 4 is 17.8 Å². The lowest BCUT2D eigenvalue weighted by molar-refractivity contribution is -0.137. The minimum absolute atomic E-state index is 0.0358. The minimum atomic E-state index is -4.43. The number of nitrogens with zero attached hydrogens (tertiary/aromatic N) is 1. The van der Waals surface area contributed by atoms with Crippen molar-refractivity contribution in [2.24, 2.45) is 5.10 Å². The molecule has 2 aromatic carbocycles. The number of hydrogen-bond acceptors (Lipinski definition) is 4. The lowest BCUT2D eigenvalue weighted by atomic mass is 10.1. The van der Waals surface area contributed by atoms with Crippen LogP contribution < -0.4 is 10.7 Å². The first-order valence-electron chi connectivity index (χ1n) is 8.71. The monoisotopic (exact) mass is 401 g/mol. The van der Waals surface area contributed by atoms with Gasteiger partial charge in [-0.1, -0.05) is 29.8 Å². The molecule has 0 aliphatic rings. The number of furan rings is 1. The van der Waals surface area contributed by atoms with Gasteiger partial charge in [0, 0.05) is 11.3 Å². The summed E-state index contributed by atoms with van der Waals surface area (Å²) < 4.78 is 43.9. The number of carbonyl (C=O) groups excluding carboxylic acids is 1. The molecule has 0 aliphatic heterocycles. The van der Waals surface area contributed by atoms with Gasteiger partial charge in [0.1, 0.15) is 11.5 Å². The van der Waals surface area contributed by atoms with Crippen molar-refractivity contribution in [1.82, 2.24) is 5.43 Å². The Morgan fingerprint density at radius 2 is 1.86 bits per heavy atom. The molecule has 1 heterocycles. The molecule has 0 saturated heterocycles. The van der Waals surface area contributed by atoms with Crippen molar-refractivity contribution in [3.63, 3.8) is 0 Å². The van der Waals surface area contributed by atoms with E-state index in [0.717, 1.165) is 23.4 Å². The second-order valence-corrected chi connectivity index (χ2v) is 6.29. The van der Waals surface area contributed by atoms with Crippen molar-refractivity contribution in [3.05, 3.63) is 77.6 Å². The van der Waals surface area contributed by atoms with Gasteiger partial charge in [-0.2, -0.15) is 18.3 Å². The van der Waals surface area contributed by atoms with Crippen LogP contribution in [0.25, 0.3) is 11.3 Å². The first-order chi connectivity index (χ1) is 13.8. The summed E-state index contributed by atoms with van der Waals surface area (Å²) in [7, 11) is 0. The van der Waals surface area contributed by atoms with E-state index in [4.69, 9.17) is 4.42 Å². The van der Waals surface area contributed by atoms with Crippen LogP contribution in [-0.2, 0) is 11.0 Å². The highest BCUT2D eigenvalue weighted by Crippen LogP contribution is 2.32. The highest BCUT2D eigenvalue weighted by Gasteiger charge is 2.30. The molecule has 0 fully saturated rings. The summed E-state index contributed by atoms with van der Waals surface area (Å²) in [6.45, 7) is 2.01. The number of alkyl halides is 3. The number of amides is 1. The normalized spacial score (nSPS) is 11.6. The Morgan fingerprint density at radius 1 is 1.10 bits per heavy atom. The Bertz CT molecular complexity index is 1010. The first kappa shape index (κ1) is 20.2. The Labute approximate surface area is 165 Å². The molecule has 8 heteroatoms. The fourth-order valence-electron chi connectivity index (χ4n) is 2.49. The van der Waals surface area contributed by atoms with Gasteiger partial charge in [-0.15, -0.1) is 0 Å². The largest absolute Gasteiger partial charge is 0.455 e. The van der Waals surface area contributed by atoms with Crippen LogP contribution in [0, 0.1) is 6.92 Å². The second kappa shape index (κ2) is 8.64. The number of hydrogen-bond donors (Lipinski definition) is 2. The minimum Gasteiger partial charge on any atom is -0.455 e. The zero-order chi connectivity index (χ0) is 20.9. The standard InChI is InChI=1S/C21H18F3N3O2/c1-14-5-7-17(8-6-14)25-13-20(28)27-26-12-18-9-10-19(29-18)15-3-2-4-16(11-15)21(22,23)24/h2-12,25H,13H2,1H3,(H,27,28). The summed E-state index contributed by atoms with van der Waals surface area (Å²) >= 11 is 0. The molecule has 0 spiro atoms. The van der Waals surface area contributed by atoms with Gasteiger partial charge < -0.3 is 9.73 Å². The highest BCUT2D eigenvalue weighted by atomic mass is 19.4. The number of rotatable bonds is 6. The molecule has 1 amide bonds. The van der Waals surface area contributed by atoms with Crippen LogP contribution in [0.2, 0.25) is 0 Å². The predicted molar refractivity (Wildman–Crippen MR) is 105 cm³/mol. The number of benzene rings is 2. The van der Waals surface area contributed by atoms with Crippen LogP contribution in [0.15, 0.2) is 70.2 Å². The van der Waals surface area contributed by atoms with Crippen LogP contribution in [-0.4, -0.2) is 18.7 Å². The van der Waals surface area contributed by atoms with Gasteiger partial charge in [-0.3, -0.25) is 4.79 Å². The Balaban J connectivity index is 1.55. The lowest BCUT2D eigenvalue weighted by Crippen LogP contribution is -2.25. The van der Waals surface area contributed by atoms with Crippen molar-refractivity contribution in [3.8, 4) is 11.3 Å². The summed E-state index contributed by atoms with van der Waals surface area (Å²) in [4.78, 5) is 11.8. The molecule has 3 rings (SSSR count). The molecule has 2 N–H and O–H groups in total. The zero-order valence-electron chi connectivity index (χ0n) is 15.5. The van der Waals surface area contributed by atoms with E-state index >= 15 is 0 Å². The molecule has 3 aromatic rings. The van der Waals surface area contributed by atoms with Crippen molar-refractivity contribution in [2.45, 2.75) is 13.1 Å². The first-order valence-corrected chi connectivity index (χ1v) is 8.71. The third kappa shape index (κ3) is 5.71. The molecule has 29 heavy (non-hydrogen) atoms. The maximum absolute atomic E-state index is 12.8. The number of hydrazone groups is 1. The van der Waals surface area contributed by atoms with Crippen molar-refractivity contribution in [2.75, 3.05) is 11.9 Å². The number of halogens is 3. The van der Waals surface area contributed by atoms with Gasteiger partial charge in [-0.05, 0) is 43.3 Å². The molecular weight excluding hydrogens is 383 g/mol. The summed E-state index contributed by atoms with van der Waals surface area (Å²) in [5.74, 6) is 0.209. The molecule has 0 aliphatic carbocycles. The Hall–Kier alpha value is -3.55. The van der Waals surface area contributed by atoms with E-state index in [9.17, 15) is 18.0 Å². The smallest absolute Gasteiger partial charge is 0.416 e. The van der Waals surface area contributed by atoms with Crippen LogP contribution >= 0.6 is 0 Å². The van der Waals surface area contributed by atoms with E-state index in [1.165, 1.54) is 24.4 Å².